The summed E-state index contributed by atoms with van der Waals surface area (Å²) in [5.74, 6) is 0.915. The zero-order valence-corrected chi connectivity index (χ0v) is 12.4. The number of methoxy groups -OCH3 is 2. The molecular weight excluding hydrogens is 228 g/mol. The minimum Gasteiger partial charge on any atom is -0.383 e. The van der Waals surface area contributed by atoms with Gasteiger partial charge in [0, 0.05) is 45.9 Å². The fourth-order valence-electron chi connectivity index (χ4n) is 2.37. The molecule has 18 heavy (non-hydrogen) atoms. The number of nitrogens with zero attached hydrogens (tertiary/aromatic N) is 1. The average Bonchev–Trinajstić information content (AvgIpc) is 3.17. The minimum absolute atomic E-state index is 0.426. The van der Waals surface area contributed by atoms with Crippen LogP contribution in [0.1, 0.15) is 26.7 Å². The lowest BCUT2D eigenvalue weighted by Gasteiger charge is -2.29. The summed E-state index contributed by atoms with van der Waals surface area (Å²) in [7, 11) is 3.52. The summed E-state index contributed by atoms with van der Waals surface area (Å²) < 4.78 is 10.3. The van der Waals surface area contributed by atoms with Crippen molar-refractivity contribution in [3.05, 3.63) is 0 Å². The van der Waals surface area contributed by atoms with Crippen molar-refractivity contribution in [3.8, 4) is 0 Å². The zero-order chi connectivity index (χ0) is 13.4. The second-order valence-electron chi connectivity index (χ2n) is 5.42. The average molecular weight is 258 g/mol. The van der Waals surface area contributed by atoms with Gasteiger partial charge in [0.05, 0.1) is 13.2 Å². The van der Waals surface area contributed by atoms with Crippen LogP contribution in [0, 0.1) is 5.92 Å². The summed E-state index contributed by atoms with van der Waals surface area (Å²) in [6, 6.07) is 1.12. The van der Waals surface area contributed by atoms with E-state index in [9.17, 15) is 0 Å². The predicted molar refractivity (Wildman–Crippen MR) is 75.0 cm³/mol. The molecule has 0 aliphatic heterocycles. The summed E-state index contributed by atoms with van der Waals surface area (Å²) in [5.41, 5.74) is 0. The molecule has 1 saturated carbocycles. The van der Waals surface area contributed by atoms with E-state index in [-0.39, 0.29) is 0 Å². The standard InChI is InChI=1S/C14H30N2O2/c1-12(11-18-4)15-7-8-16(9-10-17-3)13(2)14-5-6-14/h12-15H,5-11H2,1-4H3. The fraction of sp³-hybridized carbons (Fsp3) is 1.00. The van der Waals surface area contributed by atoms with Crippen LogP contribution >= 0.6 is 0 Å². The molecule has 0 bridgehead atoms. The maximum atomic E-state index is 5.21. The Balaban J connectivity index is 2.22. The Kier molecular flexibility index (Phi) is 7.82. The van der Waals surface area contributed by atoms with Crippen molar-refractivity contribution in [2.45, 2.75) is 38.8 Å². The molecule has 1 rings (SSSR count). The summed E-state index contributed by atoms with van der Waals surface area (Å²) in [4.78, 5) is 2.55. The molecule has 2 unspecified atom stereocenters. The first-order valence-electron chi connectivity index (χ1n) is 7.14. The van der Waals surface area contributed by atoms with Gasteiger partial charge in [-0.1, -0.05) is 0 Å². The lowest BCUT2D eigenvalue weighted by atomic mass is 10.2. The topological polar surface area (TPSA) is 33.7 Å². The highest BCUT2D eigenvalue weighted by Gasteiger charge is 2.31. The fourth-order valence-corrected chi connectivity index (χ4v) is 2.37. The molecule has 0 radical (unpaired) electrons. The number of rotatable bonds is 11. The Labute approximate surface area is 112 Å². The van der Waals surface area contributed by atoms with Crippen molar-refractivity contribution in [1.82, 2.24) is 10.2 Å². The van der Waals surface area contributed by atoms with Crippen molar-refractivity contribution in [2.75, 3.05) is 47.1 Å². The van der Waals surface area contributed by atoms with Gasteiger partial charge < -0.3 is 14.8 Å². The van der Waals surface area contributed by atoms with E-state index in [1.165, 1.54) is 12.8 Å². The van der Waals surface area contributed by atoms with Crippen LogP contribution < -0.4 is 5.32 Å². The Morgan fingerprint density at radius 2 is 1.89 bits per heavy atom. The highest BCUT2D eigenvalue weighted by Crippen LogP contribution is 2.34. The van der Waals surface area contributed by atoms with Gasteiger partial charge in [-0.05, 0) is 32.6 Å². The van der Waals surface area contributed by atoms with Crippen LogP contribution in [0.3, 0.4) is 0 Å². The zero-order valence-electron chi connectivity index (χ0n) is 12.4. The van der Waals surface area contributed by atoms with Crippen LogP contribution in [0.4, 0.5) is 0 Å². The molecule has 1 aliphatic carbocycles. The van der Waals surface area contributed by atoms with Crippen molar-refractivity contribution < 1.29 is 9.47 Å². The lowest BCUT2D eigenvalue weighted by Crippen LogP contribution is -2.43. The van der Waals surface area contributed by atoms with E-state index in [2.05, 4.69) is 24.1 Å². The second-order valence-corrected chi connectivity index (χ2v) is 5.42. The van der Waals surface area contributed by atoms with E-state index < -0.39 is 0 Å². The molecular formula is C14H30N2O2. The van der Waals surface area contributed by atoms with Crippen molar-refractivity contribution in [1.29, 1.82) is 0 Å². The van der Waals surface area contributed by atoms with Gasteiger partial charge in [0.1, 0.15) is 0 Å². The third-order valence-corrected chi connectivity index (χ3v) is 3.77. The quantitative estimate of drug-likeness (QED) is 0.607. The number of hydrogen-bond donors (Lipinski definition) is 1. The molecule has 0 amide bonds. The Bertz CT molecular complexity index is 210. The van der Waals surface area contributed by atoms with E-state index in [0.29, 0.717) is 12.1 Å². The molecule has 1 N–H and O–H groups in total. The van der Waals surface area contributed by atoms with E-state index in [0.717, 1.165) is 38.8 Å². The maximum Gasteiger partial charge on any atom is 0.0613 e. The molecule has 0 aromatic carbocycles. The summed E-state index contributed by atoms with van der Waals surface area (Å²) in [5, 5.41) is 3.50. The van der Waals surface area contributed by atoms with Crippen molar-refractivity contribution >= 4 is 0 Å². The smallest absolute Gasteiger partial charge is 0.0613 e. The molecule has 0 heterocycles. The Hall–Kier alpha value is -0.160. The molecule has 4 nitrogen and oxygen atoms in total. The van der Waals surface area contributed by atoms with E-state index >= 15 is 0 Å². The second kappa shape index (κ2) is 8.86. The van der Waals surface area contributed by atoms with Crippen LogP contribution in [0.25, 0.3) is 0 Å². The number of ether oxygens (including phenoxy) is 2. The Morgan fingerprint density at radius 3 is 2.44 bits per heavy atom. The summed E-state index contributed by atoms with van der Waals surface area (Å²) >= 11 is 0. The van der Waals surface area contributed by atoms with Gasteiger partial charge in [0.2, 0.25) is 0 Å². The van der Waals surface area contributed by atoms with Crippen LogP contribution in [0.15, 0.2) is 0 Å². The molecule has 1 fully saturated rings. The highest BCUT2D eigenvalue weighted by atomic mass is 16.5. The monoisotopic (exact) mass is 258 g/mol. The van der Waals surface area contributed by atoms with Gasteiger partial charge >= 0.3 is 0 Å². The van der Waals surface area contributed by atoms with Gasteiger partial charge in [-0.3, -0.25) is 4.90 Å². The lowest BCUT2D eigenvalue weighted by molar-refractivity contribution is 0.114. The van der Waals surface area contributed by atoms with E-state index in [1.807, 2.05) is 0 Å². The van der Waals surface area contributed by atoms with Gasteiger partial charge in [0.15, 0.2) is 0 Å². The van der Waals surface area contributed by atoms with Gasteiger partial charge in [-0.2, -0.15) is 0 Å². The third-order valence-electron chi connectivity index (χ3n) is 3.77. The SMILES string of the molecule is COCCN(CCNC(C)COC)C(C)C1CC1. The number of hydrogen-bond acceptors (Lipinski definition) is 4. The molecule has 1 aliphatic rings. The first-order valence-corrected chi connectivity index (χ1v) is 7.14. The van der Waals surface area contributed by atoms with Gasteiger partial charge in [0.25, 0.3) is 0 Å². The summed E-state index contributed by atoms with van der Waals surface area (Å²) in [6.45, 7) is 9.26. The Morgan fingerprint density at radius 1 is 1.17 bits per heavy atom. The first-order chi connectivity index (χ1) is 8.69. The van der Waals surface area contributed by atoms with Crippen LogP contribution in [0.2, 0.25) is 0 Å². The molecule has 2 atom stereocenters. The number of nitrogens with one attached hydrogen (secondary N) is 1. The van der Waals surface area contributed by atoms with Gasteiger partial charge in [-0.25, -0.2) is 0 Å². The largest absolute Gasteiger partial charge is 0.383 e. The van der Waals surface area contributed by atoms with Crippen LogP contribution in [-0.4, -0.2) is 64.1 Å². The van der Waals surface area contributed by atoms with Crippen LogP contribution in [0.5, 0.6) is 0 Å². The third kappa shape index (κ3) is 6.14. The van der Waals surface area contributed by atoms with Crippen LogP contribution in [-0.2, 0) is 9.47 Å². The predicted octanol–water partition coefficient (Wildman–Crippen LogP) is 1.36. The first kappa shape index (κ1) is 15.9. The summed E-state index contributed by atoms with van der Waals surface area (Å²) in [6.07, 6.45) is 2.80. The van der Waals surface area contributed by atoms with E-state index in [4.69, 9.17) is 9.47 Å². The molecule has 0 aromatic rings. The van der Waals surface area contributed by atoms with Gasteiger partial charge in [-0.15, -0.1) is 0 Å². The highest BCUT2D eigenvalue weighted by molar-refractivity contribution is 4.85. The van der Waals surface area contributed by atoms with E-state index in [1.54, 1.807) is 14.2 Å². The van der Waals surface area contributed by atoms with Crippen molar-refractivity contribution in [3.63, 3.8) is 0 Å². The molecule has 0 spiro atoms. The minimum atomic E-state index is 0.426. The molecule has 0 saturated heterocycles. The molecule has 0 aromatic heterocycles. The molecule has 4 heteroatoms. The normalized spacial score (nSPS) is 19.2. The molecule has 108 valence electrons. The van der Waals surface area contributed by atoms with Crippen molar-refractivity contribution in [2.24, 2.45) is 5.92 Å². The maximum absolute atomic E-state index is 5.21.